The third kappa shape index (κ3) is 5.27. The zero-order valence-corrected chi connectivity index (χ0v) is 17.8. The molecule has 0 aliphatic carbocycles. The van der Waals surface area contributed by atoms with Crippen molar-refractivity contribution in [1.29, 1.82) is 0 Å². The minimum Gasteiger partial charge on any atom is -0.484 e. The van der Waals surface area contributed by atoms with Crippen LogP contribution in [0.15, 0.2) is 42.5 Å². The lowest BCUT2D eigenvalue weighted by Gasteiger charge is -2.19. The van der Waals surface area contributed by atoms with E-state index in [2.05, 4.69) is 20.5 Å². The molecule has 1 unspecified atom stereocenters. The molecule has 9 nitrogen and oxygen atoms in total. The van der Waals surface area contributed by atoms with Crippen LogP contribution in [0.25, 0.3) is 10.9 Å². The number of amides is 3. The number of hydrogen-bond donors (Lipinski definition) is 2. The number of piperidine rings is 1. The van der Waals surface area contributed by atoms with Crippen molar-refractivity contribution in [3.63, 3.8) is 0 Å². The number of carbonyl (C=O) groups excluding carboxylic acids is 3. The van der Waals surface area contributed by atoms with Crippen molar-refractivity contribution in [2.24, 2.45) is 7.05 Å². The molecule has 3 amide bonds. The van der Waals surface area contributed by atoms with Gasteiger partial charge in [-0.1, -0.05) is 0 Å². The topological polar surface area (TPSA) is 112 Å². The summed E-state index contributed by atoms with van der Waals surface area (Å²) in [4.78, 5) is 35.8. The molecule has 1 aliphatic rings. The number of hydrogen-bond acceptors (Lipinski definition) is 6. The molecule has 0 radical (unpaired) electrons. The second-order valence-corrected chi connectivity index (χ2v) is 7.60. The molecule has 1 fully saturated rings. The molecular formula is C22H19F3N4O5. The van der Waals surface area contributed by atoms with Gasteiger partial charge in [0.25, 0.3) is 5.91 Å². The fourth-order valence-electron chi connectivity index (χ4n) is 3.65. The van der Waals surface area contributed by atoms with Gasteiger partial charge in [0.2, 0.25) is 11.8 Å². The van der Waals surface area contributed by atoms with Gasteiger partial charge in [-0.15, -0.1) is 13.2 Å². The minimum absolute atomic E-state index is 0.239. The first-order chi connectivity index (χ1) is 16.1. The van der Waals surface area contributed by atoms with Gasteiger partial charge in [0.1, 0.15) is 11.5 Å². The molecule has 1 aromatic heterocycles. The Kier molecular flexibility index (Phi) is 6.14. The summed E-state index contributed by atoms with van der Waals surface area (Å²) in [5.74, 6) is -1.75. The predicted molar refractivity (Wildman–Crippen MR) is 113 cm³/mol. The Morgan fingerprint density at radius 1 is 1.18 bits per heavy atom. The maximum Gasteiger partial charge on any atom is 0.573 e. The maximum absolute atomic E-state index is 12.2. The van der Waals surface area contributed by atoms with Crippen LogP contribution in [0.2, 0.25) is 0 Å². The van der Waals surface area contributed by atoms with Gasteiger partial charge in [0.15, 0.2) is 6.61 Å². The molecule has 12 heteroatoms. The summed E-state index contributed by atoms with van der Waals surface area (Å²) in [7, 11) is 1.71. The monoisotopic (exact) mass is 476 g/mol. The second-order valence-electron chi connectivity index (χ2n) is 7.60. The van der Waals surface area contributed by atoms with Gasteiger partial charge in [0.05, 0.1) is 17.1 Å². The van der Waals surface area contributed by atoms with Crippen LogP contribution in [0.4, 0.5) is 18.9 Å². The van der Waals surface area contributed by atoms with Gasteiger partial charge < -0.3 is 14.8 Å². The number of alkyl halides is 3. The number of anilines is 1. The first-order valence-electron chi connectivity index (χ1n) is 10.2. The molecule has 0 saturated carbocycles. The standard InChI is InChI=1S/C22H19F3N4O5/c1-29-17-10-14(6-7-15(17)20(28-29)16-8-9-18(30)27-21(16)32)33-11-19(31)26-12-2-4-13(5-3-12)34-22(23,24)25/h2-7,10,16H,8-9,11H2,1H3,(H,26,31)(H,27,30,32). The summed E-state index contributed by atoms with van der Waals surface area (Å²) in [5, 5.41) is 10.0. The Balaban J connectivity index is 1.39. The number of ether oxygens (including phenoxy) is 2. The average molecular weight is 476 g/mol. The molecular weight excluding hydrogens is 457 g/mol. The third-order valence-electron chi connectivity index (χ3n) is 5.16. The van der Waals surface area contributed by atoms with Crippen LogP contribution in [-0.4, -0.2) is 40.5 Å². The van der Waals surface area contributed by atoms with Crippen molar-refractivity contribution >= 4 is 34.3 Å². The lowest BCUT2D eigenvalue weighted by Crippen LogP contribution is -2.39. The molecule has 1 atom stereocenters. The van der Waals surface area contributed by atoms with Gasteiger partial charge in [-0.2, -0.15) is 5.10 Å². The number of fused-ring (bicyclic) bond motifs is 1. The molecule has 0 spiro atoms. The first kappa shape index (κ1) is 23.1. The highest BCUT2D eigenvalue weighted by Gasteiger charge is 2.32. The normalized spacial score (nSPS) is 16.3. The van der Waals surface area contributed by atoms with Crippen LogP contribution in [0.5, 0.6) is 11.5 Å². The number of nitrogens with one attached hydrogen (secondary N) is 2. The summed E-state index contributed by atoms with van der Waals surface area (Å²) in [6.45, 7) is -0.343. The van der Waals surface area contributed by atoms with E-state index in [0.717, 1.165) is 17.5 Å². The molecule has 34 heavy (non-hydrogen) atoms. The first-order valence-corrected chi connectivity index (χ1v) is 10.2. The van der Waals surface area contributed by atoms with E-state index in [4.69, 9.17) is 4.74 Å². The number of aryl methyl sites for hydroxylation is 1. The summed E-state index contributed by atoms with van der Waals surface area (Å²) in [6, 6.07) is 9.76. The van der Waals surface area contributed by atoms with E-state index in [1.165, 1.54) is 12.1 Å². The Hall–Kier alpha value is -4.09. The van der Waals surface area contributed by atoms with Gasteiger partial charge >= 0.3 is 6.36 Å². The zero-order chi connectivity index (χ0) is 24.5. The van der Waals surface area contributed by atoms with Crippen molar-refractivity contribution in [2.75, 3.05) is 11.9 Å². The number of nitrogens with zero attached hydrogens (tertiary/aromatic N) is 2. The van der Waals surface area contributed by atoms with Crippen LogP contribution in [0.3, 0.4) is 0 Å². The van der Waals surface area contributed by atoms with Crippen LogP contribution in [-0.2, 0) is 21.4 Å². The van der Waals surface area contributed by atoms with Gasteiger partial charge in [-0.05, 0) is 42.8 Å². The summed E-state index contributed by atoms with van der Waals surface area (Å²) >= 11 is 0. The highest BCUT2D eigenvalue weighted by molar-refractivity contribution is 6.02. The van der Waals surface area contributed by atoms with Crippen LogP contribution in [0, 0.1) is 0 Å². The van der Waals surface area contributed by atoms with E-state index in [1.807, 2.05) is 0 Å². The van der Waals surface area contributed by atoms with E-state index in [-0.39, 0.29) is 30.5 Å². The molecule has 3 aromatic rings. The van der Waals surface area contributed by atoms with Crippen molar-refractivity contribution < 1.29 is 37.0 Å². The second kappa shape index (κ2) is 9.04. The fourth-order valence-corrected chi connectivity index (χ4v) is 3.65. The fraction of sp³-hybridized carbons (Fsp3) is 0.273. The zero-order valence-electron chi connectivity index (χ0n) is 17.8. The summed E-state index contributed by atoms with van der Waals surface area (Å²) in [5.41, 5.74) is 1.52. The van der Waals surface area contributed by atoms with Crippen molar-refractivity contribution in [2.45, 2.75) is 25.1 Å². The number of halogens is 3. The van der Waals surface area contributed by atoms with E-state index >= 15 is 0 Å². The van der Waals surface area contributed by atoms with E-state index in [1.54, 1.807) is 29.9 Å². The third-order valence-corrected chi connectivity index (χ3v) is 5.16. The number of imide groups is 1. The van der Waals surface area contributed by atoms with E-state index < -0.39 is 23.9 Å². The Labute approximate surface area is 190 Å². The number of benzene rings is 2. The van der Waals surface area contributed by atoms with E-state index in [0.29, 0.717) is 23.4 Å². The van der Waals surface area contributed by atoms with Gasteiger partial charge in [0, 0.05) is 30.6 Å². The molecule has 2 aromatic carbocycles. The lowest BCUT2D eigenvalue weighted by atomic mass is 9.93. The Bertz CT molecular complexity index is 1250. The molecule has 0 bridgehead atoms. The van der Waals surface area contributed by atoms with E-state index in [9.17, 15) is 27.6 Å². The molecule has 1 aliphatic heterocycles. The predicted octanol–water partition coefficient (Wildman–Crippen LogP) is 3.01. The molecule has 1 saturated heterocycles. The van der Waals surface area contributed by atoms with Gasteiger partial charge in [-0.25, -0.2) is 0 Å². The molecule has 4 rings (SSSR count). The smallest absolute Gasteiger partial charge is 0.484 e. The van der Waals surface area contributed by atoms with Gasteiger partial charge in [-0.3, -0.25) is 24.4 Å². The number of rotatable bonds is 6. The minimum atomic E-state index is -4.80. The van der Waals surface area contributed by atoms with Crippen molar-refractivity contribution in [3.8, 4) is 11.5 Å². The Morgan fingerprint density at radius 3 is 2.56 bits per heavy atom. The van der Waals surface area contributed by atoms with Crippen LogP contribution < -0.4 is 20.1 Å². The van der Waals surface area contributed by atoms with Crippen LogP contribution in [0.1, 0.15) is 24.5 Å². The Morgan fingerprint density at radius 2 is 1.88 bits per heavy atom. The number of aromatic nitrogens is 2. The maximum atomic E-state index is 12.2. The summed E-state index contributed by atoms with van der Waals surface area (Å²) in [6.07, 6.45) is -4.18. The van der Waals surface area contributed by atoms with Crippen LogP contribution >= 0.6 is 0 Å². The molecule has 178 valence electrons. The highest BCUT2D eigenvalue weighted by atomic mass is 19.4. The highest BCUT2D eigenvalue weighted by Crippen LogP contribution is 2.32. The van der Waals surface area contributed by atoms with Crippen molar-refractivity contribution in [1.82, 2.24) is 15.1 Å². The SMILES string of the molecule is Cn1nc(C2CCC(=O)NC2=O)c2ccc(OCC(=O)Nc3ccc(OC(F)(F)F)cc3)cc21. The molecule has 2 heterocycles. The quantitative estimate of drug-likeness (QED) is 0.529. The largest absolute Gasteiger partial charge is 0.573 e. The van der Waals surface area contributed by atoms with Crippen molar-refractivity contribution in [3.05, 3.63) is 48.2 Å². The summed E-state index contributed by atoms with van der Waals surface area (Å²) < 4.78 is 47.6. The molecule has 2 N–H and O–H groups in total. The average Bonchev–Trinajstić information content (AvgIpc) is 3.08. The number of carbonyl (C=O) groups is 3. The lowest BCUT2D eigenvalue weighted by molar-refractivity contribution is -0.274.